The van der Waals surface area contributed by atoms with Crippen molar-refractivity contribution in [3.05, 3.63) is 41.3 Å². The number of benzene rings is 1. The van der Waals surface area contributed by atoms with E-state index < -0.39 is 0 Å². The van der Waals surface area contributed by atoms with Gasteiger partial charge in [0.1, 0.15) is 5.82 Å². The number of halogens is 1. The molecule has 3 rings (SSSR count). The van der Waals surface area contributed by atoms with Gasteiger partial charge >= 0.3 is 0 Å². The van der Waals surface area contributed by atoms with E-state index in [1.54, 1.807) is 13.0 Å². The van der Waals surface area contributed by atoms with Crippen molar-refractivity contribution in [2.45, 2.75) is 19.9 Å². The van der Waals surface area contributed by atoms with Crippen LogP contribution in [0.15, 0.2) is 24.3 Å². The molecule has 116 valence electrons. The molecule has 2 heterocycles. The zero-order chi connectivity index (χ0) is 15.9. The van der Waals surface area contributed by atoms with Gasteiger partial charge in [-0.2, -0.15) is 0 Å². The fourth-order valence-corrected chi connectivity index (χ4v) is 3.05. The molecule has 0 unspecified atom stereocenters. The molecule has 1 fully saturated rings. The third kappa shape index (κ3) is 2.68. The normalized spacial score (nSPS) is 19.6. The van der Waals surface area contributed by atoms with Crippen LogP contribution in [-0.2, 0) is 0 Å². The van der Waals surface area contributed by atoms with Crippen molar-refractivity contribution in [2.75, 3.05) is 26.7 Å². The van der Waals surface area contributed by atoms with Crippen LogP contribution in [-0.4, -0.2) is 53.4 Å². The first kappa shape index (κ1) is 14.9. The second kappa shape index (κ2) is 5.65. The number of hydrogen-bond acceptors (Lipinski definition) is 3. The topological polar surface area (TPSA) is 36.4 Å². The molecule has 1 aromatic heterocycles. The number of fused-ring (bicyclic) bond motifs is 1. The third-order valence-electron chi connectivity index (χ3n) is 4.29. The van der Waals surface area contributed by atoms with E-state index in [1.807, 2.05) is 11.0 Å². The Bertz CT molecular complexity index is 731. The fraction of sp³-hybridized carbons (Fsp3) is 0.412. The van der Waals surface area contributed by atoms with E-state index in [2.05, 4.69) is 23.9 Å². The number of piperazine rings is 1. The van der Waals surface area contributed by atoms with Gasteiger partial charge in [-0.15, -0.1) is 0 Å². The predicted molar refractivity (Wildman–Crippen MR) is 84.4 cm³/mol. The van der Waals surface area contributed by atoms with Crippen molar-refractivity contribution in [1.29, 1.82) is 0 Å². The number of rotatable bonds is 1. The number of likely N-dealkylation sites (N-methyl/N-ethyl adjacent to an activating group) is 1. The number of carbonyl (C=O) groups is 1. The van der Waals surface area contributed by atoms with Crippen LogP contribution in [0.2, 0.25) is 0 Å². The van der Waals surface area contributed by atoms with Crippen molar-refractivity contribution < 1.29 is 9.18 Å². The lowest BCUT2D eigenvalue weighted by Crippen LogP contribution is -2.52. The van der Waals surface area contributed by atoms with Crippen LogP contribution in [0.1, 0.15) is 23.0 Å². The molecule has 1 saturated heterocycles. The standard InChI is InChI=1S/C17H20FN3O/c1-11-10-20(3)6-7-21(11)17(22)15-8-13-4-5-14(18)9-16(13)19-12(15)2/h4-5,8-9,11H,6-7,10H2,1-3H3/t11-/m0/s1. The zero-order valence-corrected chi connectivity index (χ0v) is 13.1. The number of aromatic nitrogens is 1. The van der Waals surface area contributed by atoms with Gasteiger partial charge in [-0.3, -0.25) is 9.78 Å². The summed E-state index contributed by atoms with van der Waals surface area (Å²) < 4.78 is 13.3. The van der Waals surface area contributed by atoms with Gasteiger partial charge in [-0.05, 0) is 39.1 Å². The van der Waals surface area contributed by atoms with Gasteiger partial charge in [-0.25, -0.2) is 4.39 Å². The predicted octanol–water partition coefficient (Wildman–Crippen LogP) is 2.46. The van der Waals surface area contributed by atoms with Crippen molar-refractivity contribution >= 4 is 16.8 Å². The monoisotopic (exact) mass is 301 g/mol. The summed E-state index contributed by atoms with van der Waals surface area (Å²) in [4.78, 5) is 21.4. The van der Waals surface area contributed by atoms with E-state index >= 15 is 0 Å². The first-order valence-corrected chi connectivity index (χ1v) is 7.52. The van der Waals surface area contributed by atoms with E-state index in [9.17, 15) is 9.18 Å². The summed E-state index contributed by atoms with van der Waals surface area (Å²) in [6.45, 7) is 6.33. The summed E-state index contributed by atoms with van der Waals surface area (Å²) in [5.74, 6) is -0.303. The Hall–Kier alpha value is -2.01. The summed E-state index contributed by atoms with van der Waals surface area (Å²) >= 11 is 0. The largest absolute Gasteiger partial charge is 0.333 e. The Balaban J connectivity index is 1.97. The molecule has 0 radical (unpaired) electrons. The molecule has 0 N–H and O–H groups in total. The first-order valence-electron chi connectivity index (χ1n) is 7.52. The molecule has 1 aliphatic rings. The lowest BCUT2D eigenvalue weighted by atomic mass is 10.1. The highest BCUT2D eigenvalue weighted by Crippen LogP contribution is 2.21. The molecule has 4 nitrogen and oxygen atoms in total. The van der Waals surface area contributed by atoms with Crippen LogP contribution < -0.4 is 0 Å². The minimum absolute atomic E-state index is 0.0109. The van der Waals surface area contributed by atoms with E-state index in [-0.39, 0.29) is 17.8 Å². The Morgan fingerprint density at radius 1 is 1.32 bits per heavy atom. The molecule has 1 aromatic carbocycles. The molecular weight excluding hydrogens is 281 g/mol. The maximum absolute atomic E-state index is 13.3. The molecule has 0 bridgehead atoms. The minimum Gasteiger partial charge on any atom is -0.333 e. The van der Waals surface area contributed by atoms with Gasteiger partial charge in [0, 0.05) is 37.1 Å². The van der Waals surface area contributed by atoms with Gasteiger partial charge in [0.25, 0.3) is 5.91 Å². The van der Waals surface area contributed by atoms with Crippen LogP contribution >= 0.6 is 0 Å². The smallest absolute Gasteiger partial charge is 0.256 e. The summed E-state index contributed by atoms with van der Waals surface area (Å²) in [5.41, 5.74) is 1.84. The molecule has 0 aliphatic carbocycles. The molecule has 1 atom stereocenters. The summed E-state index contributed by atoms with van der Waals surface area (Å²) in [5, 5.41) is 0.789. The summed E-state index contributed by atoms with van der Waals surface area (Å²) in [7, 11) is 2.07. The van der Waals surface area contributed by atoms with E-state index in [0.717, 1.165) is 25.0 Å². The number of hydrogen-bond donors (Lipinski definition) is 0. The molecule has 0 spiro atoms. The molecule has 5 heteroatoms. The van der Waals surface area contributed by atoms with Gasteiger partial charge in [0.05, 0.1) is 16.8 Å². The van der Waals surface area contributed by atoms with E-state index in [0.29, 0.717) is 16.8 Å². The van der Waals surface area contributed by atoms with E-state index in [4.69, 9.17) is 0 Å². The Morgan fingerprint density at radius 2 is 2.09 bits per heavy atom. The highest BCUT2D eigenvalue weighted by atomic mass is 19.1. The van der Waals surface area contributed by atoms with Crippen LogP contribution in [0.5, 0.6) is 0 Å². The lowest BCUT2D eigenvalue weighted by Gasteiger charge is -2.38. The number of carbonyl (C=O) groups excluding carboxylic acids is 1. The van der Waals surface area contributed by atoms with Crippen LogP contribution in [0.25, 0.3) is 10.9 Å². The highest BCUT2D eigenvalue weighted by Gasteiger charge is 2.27. The first-order chi connectivity index (χ1) is 10.5. The molecule has 1 amide bonds. The SMILES string of the molecule is Cc1nc2cc(F)ccc2cc1C(=O)N1CCN(C)C[C@@H]1C. The molecule has 2 aromatic rings. The van der Waals surface area contributed by atoms with Gasteiger partial charge in [0.15, 0.2) is 0 Å². The Labute approximate surface area is 129 Å². The van der Waals surface area contributed by atoms with Crippen LogP contribution in [0.3, 0.4) is 0 Å². The fourth-order valence-electron chi connectivity index (χ4n) is 3.05. The average Bonchev–Trinajstić information content (AvgIpc) is 2.45. The number of aryl methyl sites for hydroxylation is 1. The third-order valence-corrected chi connectivity index (χ3v) is 4.29. The Kier molecular flexibility index (Phi) is 3.83. The number of nitrogens with zero attached hydrogens (tertiary/aromatic N) is 3. The highest BCUT2D eigenvalue weighted by molar-refractivity contribution is 5.98. The molecule has 1 aliphatic heterocycles. The van der Waals surface area contributed by atoms with Crippen LogP contribution in [0, 0.1) is 12.7 Å². The van der Waals surface area contributed by atoms with Gasteiger partial charge < -0.3 is 9.80 Å². The van der Waals surface area contributed by atoms with Crippen molar-refractivity contribution in [2.24, 2.45) is 0 Å². The number of amides is 1. The quantitative estimate of drug-likeness (QED) is 0.812. The maximum Gasteiger partial charge on any atom is 0.256 e. The lowest BCUT2D eigenvalue weighted by molar-refractivity contribution is 0.0532. The zero-order valence-electron chi connectivity index (χ0n) is 13.1. The van der Waals surface area contributed by atoms with Crippen molar-refractivity contribution in [1.82, 2.24) is 14.8 Å². The molecule has 22 heavy (non-hydrogen) atoms. The van der Waals surface area contributed by atoms with Crippen molar-refractivity contribution in [3.8, 4) is 0 Å². The number of pyridine rings is 1. The van der Waals surface area contributed by atoms with E-state index in [1.165, 1.54) is 12.1 Å². The summed E-state index contributed by atoms with van der Waals surface area (Å²) in [6, 6.07) is 6.46. The second-order valence-electron chi connectivity index (χ2n) is 6.07. The van der Waals surface area contributed by atoms with Gasteiger partial charge in [-0.1, -0.05) is 0 Å². The van der Waals surface area contributed by atoms with Gasteiger partial charge in [0.2, 0.25) is 0 Å². The van der Waals surface area contributed by atoms with Crippen LogP contribution in [0.4, 0.5) is 4.39 Å². The summed E-state index contributed by atoms with van der Waals surface area (Å²) in [6.07, 6.45) is 0. The second-order valence-corrected chi connectivity index (χ2v) is 6.07. The molecular formula is C17H20FN3O. The minimum atomic E-state index is -0.314. The Morgan fingerprint density at radius 3 is 2.82 bits per heavy atom. The maximum atomic E-state index is 13.3. The van der Waals surface area contributed by atoms with Crippen molar-refractivity contribution in [3.63, 3.8) is 0 Å². The average molecular weight is 301 g/mol. The molecule has 0 saturated carbocycles.